The first-order valence-electron chi connectivity index (χ1n) is 1.28. The van der Waals surface area contributed by atoms with Crippen LogP contribution in [0.5, 0.6) is 0 Å². The van der Waals surface area contributed by atoms with Crippen LogP contribution in [-0.4, -0.2) is 16.8 Å². The summed E-state index contributed by atoms with van der Waals surface area (Å²) < 4.78 is 0. The van der Waals surface area contributed by atoms with Crippen molar-refractivity contribution >= 4 is 16.8 Å². The molecule has 0 amide bonds. The quantitative estimate of drug-likeness (QED) is 0.307. The van der Waals surface area contributed by atoms with Crippen molar-refractivity contribution in [3.63, 3.8) is 0 Å². The molecule has 3 heteroatoms. The van der Waals surface area contributed by atoms with Crippen LogP contribution in [0.2, 0.25) is 0 Å². The molecule has 0 saturated heterocycles. The maximum atomic E-state index is 7.69. The van der Waals surface area contributed by atoms with Gasteiger partial charge in [-0.05, 0) is 0 Å². The van der Waals surface area contributed by atoms with Crippen molar-refractivity contribution in [2.45, 2.75) is 0 Å². The number of rotatable bonds is 0. The summed E-state index contributed by atoms with van der Waals surface area (Å²) in [6.45, 7) is 0. The van der Waals surface area contributed by atoms with Gasteiger partial charge in [-0.25, -0.2) is 5.26 Å². The molecule has 0 aliphatic heterocycles. The van der Waals surface area contributed by atoms with Crippen LogP contribution in [0.25, 0.3) is 0 Å². The highest BCUT2D eigenvalue weighted by Gasteiger charge is 1.54. The van der Waals surface area contributed by atoms with Gasteiger partial charge in [0.2, 0.25) is 0 Å². The number of nitriles is 1. The molecule has 20 valence electrons. The van der Waals surface area contributed by atoms with E-state index in [2.05, 4.69) is 5.69 Å². The van der Waals surface area contributed by atoms with E-state index in [1.807, 2.05) is 7.44 Å². The molecule has 0 aromatic carbocycles. The molecule has 0 fully saturated rings. The van der Waals surface area contributed by atoms with Crippen molar-refractivity contribution in [2.24, 2.45) is 0 Å². The van der Waals surface area contributed by atoms with Crippen molar-refractivity contribution in [1.29, 1.82) is 5.26 Å². The van der Waals surface area contributed by atoms with E-state index in [9.17, 15) is 0 Å². The third-order valence-corrected chi connectivity index (χ3v) is 0.474. The van der Waals surface area contributed by atoms with Crippen LogP contribution in [0.3, 0.4) is 0 Å². The fourth-order valence-electron chi connectivity index (χ4n) is 0. The highest BCUT2D eigenvalue weighted by atomic mass is 28.2. The fraction of sp³-hybridized carbons (Fsp3) is 0. The predicted octanol–water partition coefficient (Wildman–Crippen LogP) is -1.82. The van der Waals surface area contributed by atoms with Crippen molar-refractivity contribution in [1.82, 2.24) is 0 Å². The van der Waals surface area contributed by atoms with Gasteiger partial charge in [-0.1, -0.05) is 0 Å². The van der Waals surface area contributed by atoms with Crippen LogP contribution >= 0.6 is 0 Å². The van der Waals surface area contributed by atoms with Gasteiger partial charge in [0, 0.05) is 5.69 Å². The minimum atomic E-state index is -0.270. The summed E-state index contributed by atoms with van der Waals surface area (Å²) in [5.41, 5.74) is 2.07. The van der Waals surface area contributed by atoms with E-state index < -0.39 is 0 Å². The van der Waals surface area contributed by atoms with E-state index in [0.29, 0.717) is 0 Å². The highest BCUT2D eigenvalue weighted by Crippen LogP contribution is 1.25. The van der Waals surface area contributed by atoms with E-state index in [-0.39, 0.29) is 9.39 Å². The van der Waals surface area contributed by atoms with Gasteiger partial charge in [-0.2, -0.15) is 0 Å². The second-order valence-corrected chi connectivity index (χ2v) is 1.54. The second-order valence-electron chi connectivity index (χ2n) is 0.512. The molecular formula is CH4BNSi. The van der Waals surface area contributed by atoms with Gasteiger partial charge in [-0.15, -0.1) is 0 Å². The van der Waals surface area contributed by atoms with Crippen molar-refractivity contribution in [3.8, 4) is 5.69 Å². The lowest BCUT2D eigenvalue weighted by Gasteiger charge is -1.42. The zero-order chi connectivity index (χ0) is 3.41. The summed E-state index contributed by atoms with van der Waals surface area (Å²) in [4.78, 5) is 0. The number of hydrogen-bond acceptors (Lipinski definition) is 1. The zero-order valence-corrected chi connectivity index (χ0v) is 4.07. The molecule has 0 N–H and O–H groups in total. The molecule has 0 atom stereocenters. The zero-order valence-electron chi connectivity index (χ0n) is 2.65. The summed E-state index contributed by atoms with van der Waals surface area (Å²) in [6, 6.07) is 0. The van der Waals surface area contributed by atoms with Crippen LogP contribution in [-0.2, 0) is 0 Å². The Kier molecular flexibility index (Phi) is 2.61. The lowest BCUT2D eigenvalue weighted by Crippen LogP contribution is -1.75. The standard InChI is InChI=1S/CH4BNSi/c2-4-1-3/h2,4H2. The minimum absolute atomic E-state index is 0.270. The highest BCUT2D eigenvalue weighted by molar-refractivity contribution is 6.94. The van der Waals surface area contributed by atoms with Gasteiger partial charge >= 0.3 is 0 Å². The van der Waals surface area contributed by atoms with Gasteiger partial charge in [0.15, 0.2) is 0 Å². The smallest absolute Gasteiger partial charge is 0.107 e. The van der Waals surface area contributed by atoms with Crippen molar-refractivity contribution in [3.05, 3.63) is 0 Å². The van der Waals surface area contributed by atoms with E-state index in [0.717, 1.165) is 0 Å². The lowest BCUT2D eigenvalue weighted by molar-refractivity contribution is 1.56. The van der Waals surface area contributed by atoms with Crippen LogP contribution < -0.4 is 0 Å². The van der Waals surface area contributed by atoms with Gasteiger partial charge in [0.05, 0.1) is 0 Å². The topological polar surface area (TPSA) is 23.8 Å². The molecule has 0 aromatic rings. The Bertz CT molecular complexity index is 37.8. The molecule has 0 radical (unpaired) electrons. The number of hydrogen-bond donors (Lipinski definition) is 0. The van der Waals surface area contributed by atoms with Gasteiger partial charge in [-0.3, -0.25) is 0 Å². The van der Waals surface area contributed by atoms with E-state index >= 15 is 0 Å². The van der Waals surface area contributed by atoms with Crippen LogP contribution in [0, 0.1) is 11.0 Å². The molecule has 4 heavy (non-hydrogen) atoms. The molecule has 0 bridgehead atoms. The molecular weight excluding hydrogens is 64.9 g/mol. The van der Waals surface area contributed by atoms with Gasteiger partial charge in [0.1, 0.15) is 16.8 Å². The van der Waals surface area contributed by atoms with Gasteiger partial charge < -0.3 is 0 Å². The van der Waals surface area contributed by atoms with E-state index in [4.69, 9.17) is 5.26 Å². The van der Waals surface area contributed by atoms with E-state index in [1.165, 1.54) is 0 Å². The Balaban J connectivity index is 2.43. The second kappa shape index (κ2) is 2.77. The maximum absolute atomic E-state index is 7.69. The molecule has 0 heterocycles. The molecule has 0 rings (SSSR count). The van der Waals surface area contributed by atoms with Crippen LogP contribution in [0.4, 0.5) is 0 Å². The summed E-state index contributed by atoms with van der Waals surface area (Å²) >= 11 is 0. The minimum Gasteiger partial charge on any atom is -0.208 e. The summed E-state index contributed by atoms with van der Waals surface area (Å²) in [5.74, 6) is 0. The Labute approximate surface area is 28.8 Å². The molecule has 0 aromatic heterocycles. The van der Waals surface area contributed by atoms with Gasteiger partial charge in [0.25, 0.3) is 0 Å². The average molecular weight is 68.9 g/mol. The fourth-order valence-corrected chi connectivity index (χ4v) is 0. The van der Waals surface area contributed by atoms with Crippen LogP contribution in [0.1, 0.15) is 0 Å². The largest absolute Gasteiger partial charge is 0.208 e. The molecule has 0 unspecified atom stereocenters. The van der Waals surface area contributed by atoms with E-state index in [1.54, 1.807) is 0 Å². The third-order valence-electron chi connectivity index (χ3n) is 0.158. The number of nitrogens with zero attached hydrogens (tertiary/aromatic N) is 1. The molecule has 0 spiro atoms. The maximum Gasteiger partial charge on any atom is 0.107 e. The molecule has 0 saturated carbocycles. The summed E-state index contributed by atoms with van der Waals surface area (Å²) in [5, 5.41) is 7.69. The first-order chi connectivity index (χ1) is 1.91. The monoisotopic (exact) mass is 69.0 g/mol. The average Bonchev–Trinajstić information content (AvgIpc) is 1.37. The molecule has 0 aliphatic rings. The van der Waals surface area contributed by atoms with Crippen LogP contribution in [0.15, 0.2) is 0 Å². The molecule has 1 nitrogen and oxygen atoms in total. The third kappa shape index (κ3) is 1.77. The first kappa shape index (κ1) is 3.77. The Morgan fingerprint density at radius 2 is 2.25 bits per heavy atom. The Morgan fingerprint density at radius 3 is 2.25 bits per heavy atom. The van der Waals surface area contributed by atoms with Crippen molar-refractivity contribution in [2.75, 3.05) is 0 Å². The summed E-state index contributed by atoms with van der Waals surface area (Å²) in [7, 11) is 1.69. The lowest BCUT2D eigenvalue weighted by atomic mass is 10.8. The Hall–Kier alpha value is -0.228. The Morgan fingerprint density at radius 1 is 2.00 bits per heavy atom. The normalized spacial score (nSPS) is 7.75. The predicted molar refractivity (Wildman–Crippen MR) is 22.7 cm³/mol. The first-order valence-corrected chi connectivity index (χ1v) is 3.41. The SMILES string of the molecule is B[SiH2]C#N. The van der Waals surface area contributed by atoms with Crippen molar-refractivity contribution < 1.29 is 0 Å². The summed E-state index contributed by atoms with van der Waals surface area (Å²) in [6.07, 6.45) is 0. The molecule has 0 aliphatic carbocycles.